The van der Waals surface area contributed by atoms with Crippen molar-refractivity contribution in [3.05, 3.63) is 53.5 Å². The number of hydrogen-bond acceptors (Lipinski definition) is 4. The van der Waals surface area contributed by atoms with E-state index in [0.29, 0.717) is 25.5 Å². The molecule has 1 saturated heterocycles. The molecule has 1 aliphatic heterocycles. The summed E-state index contributed by atoms with van der Waals surface area (Å²) in [6.45, 7) is 3.80. The molecule has 5 heteroatoms. The number of carbonyl (C=O) groups is 1. The van der Waals surface area contributed by atoms with Crippen molar-refractivity contribution in [2.45, 2.75) is 32.5 Å². The van der Waals surface area contributed by atoms with Crippen LogP contribution in [0.2, 0.25) is 0 Å². The summed E-state index contributed by atoms with van der Waals surface area (Å²) in [5.74, 6) is 1.27. The number of ether oxygens (including phenoxy) is 2. The lowest BCUT2D eigenvalue weighted by Crippen LogP contribution is -2.40. The van der Waals surface area contributed by atoms with Gasteiger partial charge in [-0.05, 0) is 31.9 Å². The number of benzene rings is 1. The first-order valence-corrected chi connectivity index (χ1v) is 8.26. The molecule has 0 bridgehead atoms. The molecule has 1 aromatic carbocycles. The highest BCUT2D eigenvalue weighted by molar-refractivity contribution is 5.92. The van der Waals surface area contributed by atoms with Gasteiger partial charge in [-0.2, -0.15) is 0 Å². The Balaban J connectivity index is 1.50. The molecule has 1 aromatic heterocycles. The first-order chi connectivity index (χ1) is 11.7. The lowest BCUT2D eigenvalue weighted by Gasteiger charge is -2.31. The highest BCUT2D eigenvalue weighted by Gasteiger charge is 2.26. The van der Waals surface area contributed by atoms with Crippen molar-refractivity contribution in [3.8, 4) is 5.75 Å². The minimum absolute atomic E-state index is 0.0271. The number of para-hydroxylation sites is 1. The Hall–Kier alpha value is -2.27. The van der Waals surface area contributed by atoms with Crippen molar-refractivity contribution in [2.24, 2.45) is 0 Å². The maximum absolute atomic E-state index is 12.4. The molecule has 2 heterocycles. The second-order valence-electron chi connectivity index (χ2n) is 6.05. The molecule has 1 amide bonds. The molecule has 0 N–H and O–H groups in total. The number of hydrogen-bond donors (Lipinski definition) is 0. The van der Waals surface area contributed by atoms with Crippen LogP contribution in [0.1, 0.15) is 34.5 Å². The van der Waals surface area contributed by atoms with E-state index in [1.165, 1.54) is 0 Å². The topological polar surface area (TPSA) is 51.9 Å². The Kier molecular flexibility index (Phi) is 5.20. The molecule has 0 aliphatic carbocycles. The van der Waals surface area contributed by atoms with Gasteiger partial charge in [0.2, 0.25) is 0 Å². The summed E-state index contributed by atoms with van der Waals surface area (Å²) in [7, 11) is 1.67. The van der Waals surface area contributed by atoms with Gasteiger partial charge in [-0.15, -0.1) is 0 Å². The zero-order valence-corrected chi connectivity index (χ0v) is 14.2. The Morgan fingerprint density at radius 3 is 2.67 bits per heavy atom. The zero-order valence-electron chi connectivity index (χ0n) is 14.2. The summed E-state index contributed by atoms with van der Waals surface area (Å²) in [5, 5.41) is 0. The van der Waals surface area contributed by atoms with Gasteiger partial charge in [0.15, 0.2) is 5.76 Å². The van der Waals surface area contributed by atoms with Gasteiger partial charge in [0, 0.05) is 24.2 Å². The molecule has 0 spiro atoms. The summed E-state index contributed by atoms with van der Waals surface area (Å²) in [4.78, 5) is 14.3. The van der Waals surface area contributed by atoms with E-state index in [2.05, 4.69) is 0 Å². The lowest BCUT2D eigenvalue weighted by atomic mass is 10.1. The molecule has 0 unspecified atom stereocenters. The van der Waals surface area contributed by atoms with Crippen molar-refractivity contribution in [1.82, 2.24) is 4.90 Å². The number of furan rings is 1. The normalized spacial score (nSPS) is 15.5. The highest BCUT2D eigenvalue weighted by Crippen LogP contribution is 2.22. The maximum atomic E-state index is 12.4. The van der Waals surface area contributed by atoms with Gasteiger partial charge in [0.25, 0.3) is 5.91 Å². The van der Waals surface area contributed by atoms with E-state index in [0.717, 1.165) is 29.7 Å². The molecule has 5 nitrogen and oxygen atoms in total. The SMILES string of the molecule is COc1ccccc1COC1CCN(C(=O)c2occc2C)CC1. The quantitative estimate of drug-likeness (QED) is 0.843. The maximum Gasteiger partial charge on any atom is 0.289 e. The molecule has 24 heavy (non-hydrogen) atoms. The smallest absolute Gasteiger partial charge is 0.289 e. The van der Waals surface area contributed by atoms with Crippen LogP contribution in [0.15, 0.2) is 41.0 Å². The van der Waals surface area contributed by atoms with Crippen LogP contribution in [0.5, 0.6) is 5.75 Å². The van der Waals surface area contributed by atoms with Crippen molar-refractivity contribution < 1.29 is 18.7 Å². The van der Waals surface area contributed by atoms with Crippen LogP contribution in [0, 0.1) is 6.92 Å². The fraction of sp³-hybridized carbons (Fsp3) is 0.421. The number of nitrogens with zero attached hydrogens (tertiary/aromatic N) is 1. The van der Waals surface area contributed by atoms with Crippen LogP contribution in [-0.4, -0.2) is 37.1 Å². The highest BCUT2D eigenvalue weighted by atomic mass is 16.5. The predicted molar refractivity (Wildman–Crippen MR) is 90.2 cm³/mol. The van der Waals surface area contributed by atoms with E-state index in [1.807, 2.05) is 42.2 Å². The van der Waals surface area contributed by atoms with Gasteiger partial charge < -0.3 is 18.8 Å². The summed E-state index contributed by atoms with van der Waals surface area (Å²) < 4.78 is 16.7. The van der Waals surface area contributed by atoms with Gasteiger partial charge in [0.1, 0.15) is 5.75 Å². The molecule has 3 rings (SSSR count). The number of amides is 1. The van der Waals surface area contributed by atoms with Gasteiger partial charge in [-0.25, -0.2) is 0 Å². The fourth-order valence-electron chi connectivity index (χ4n) is 2.99. The summed E-state index contributed by atoms with van der Waals surface area (Å²) in [6, 6.07) is 9.69. The van der Waals surface area contributed by atoms with Crippen LogP contribution in [-0.2, 0) is 11.3 Å². The van der Waals surface area contributed by atoms with E-state index in [-0.39, 0.29) is 12.0 Å². The van der Waals surface area contributed by atoms with Crippen molar-refractivity contribution in [3.63, 3.8) is 0 Å². The molecule has 0 saturated carbocycles. The number of piperidine rings is 1. The summed E-state index contributed by atoms with van der Waals surface area (Å²) in [5.41, 5.74) is 1.93. The fourth-order valence-corrected chi connectivity index (χ4v) is 2.99. The Morgan fingerprint density at radius 1 is 1.25 bits per heavy atom. The van der Waals surface area contributed by atoms with Gasteiger partial charge in [-0.3, -0.25) is 4.79 Å². The van der Waals surface area contributed by atoms with Gasteiger partial charge in [-0.1, -0.05) is 18.2 Å². The summed E-state index contributed by atoms with van der Waals surface area (Å²) in [6.07, 6.45) is 3.39. The van der Waals surface area contributed by atoms with Crippen LogP contribution in [0.3, 0.4) is 0 Å². The second kappa shape index (κ2) is 7.53. The largest absolute Gasteiger partial charge is 0.496 e. The molecule has 1 aliphatic rings. The predicted octanol–water partition coefficient (Wildman–Crippen LogP) is 3.42. The number of likely N-dealkylation sites (tertiary alicyclic amines) is 1. The van der Waals surface area contributed by atoms with E-state index < -0.39 is 0 Å². The molecule has 0 atom stereocenters. The van der Waals surface area contributed by atoms with Crippen molar-refractivity contribution in [2.75, 3.05) is 20.2 Å². The first-order valence-electron chi connectivity index (χ1n) is 8.26. The lowest BCUT2D eigenvalue weighted by molar-refractivity contribution is -0.00163. The zero-order chi connectivity index (χ0) is 16.9. The van der Waals surface area contributed by atoms with Crippen LogP contribution in [0.4, 0.5) is 0 Å². The molecule has 0 radical (unpaired) electrons. The number of carbonyl (C=O) groups excluding carboxylic acids is 1. The average Bonchev–Trinajstić information content (AvgIpc) is 3.06. The van der Waals surface area contributed by atoms with Gasteiger partial charge in [0.05, 0.1) is 26.1 Å². The summed E-state index contributed by atoms with van der Waals surface area (Å²) >= 11 is 0. The minimum Gasteiger partial charge on any atom is -0.496 e. The number of rotatable bonds is 5. The van der Waals surface area contributed by atoms with Gasteiger partial charge >= 0.3 is 0 Å². The Labute approximate surface area is 142 Å². The third-order valence-corrected chi connectivity index (χ3v) is 4.45. The second-order valence-corrected chi connectivity index (χ2v) is 6.05. The van der Waals surface area contributed by atoms with E-state index in [1.54, 1.807) is 13.4 Å². The first kappa shape index (κ1) is 16.6. The number of methoxy groups -OCH3 is 1. The monoisotopic (exact) mass is 329 g/mol. The van der Waals surface area contributed by atoms with E-state index in [4.69, 9.17) is 13.9 Å². The van der Waals surface area contributed by atoms with Crippen molar-refractivity contribution >= 4 is 5.91 Å². The Bertz CT molecular complexity index is 686. The van der Waals surface area contributed by atoms with Crippen LogP contribution in [0.25, 0.3) is 0 Å². The van der Waals surface area contributed by atoms with E-state index >= 15 is 0 Å². The van der Waals surface area contributed by atoms with Crippen LogP contribution >= 0.6 is 0 Å². The standard InChI is InChI=1S/C19H23NO4/c1-14-9-12-23-18(14)19(21)20-10-7-16(8-11-20)24-13-15-5-3-4-6-17(15)22-2/h3-6,9,12,16H,7-8,10-11,13H2,1-2H3. The van der Waals surface area contributed by atoms with Crippen LogP contribution < -0.4 is 4.74 Å². The average molecular weight is 329 g/mol. The molecule has 2 aromatic rings. The minimum atomic E-state index is -0.0271. The Morgan fingerprint density at radius 2 is 2.00 bits per heavy atom. The van der Waals surface area contributed by atoms with E-state index in [9.17, 15) is 4.79 Å². The molecule has 1 fully saturated rings. The molecular formula is C19H23NO4. The molecular weight excluding hydrogens is 306 g/mol. The number of aryl methyl sites for hydroxylation is 1. The third-order valence-electron chi connectivity index (χ3n) is 4.45. The third kappa shape index (κ3) is 3.62. The molecule has 128 valence electrons. The van der Waals surface area contributed by atoms with Crippen molar-refractivity contribution in [1.29, 1.82) is 0 Å².